The lowest BCUT2D eigenvalue weighted by molar-refractivity contribution is 0.102. The van der Waals surface area contributed by atoms with Crippen molar-refractivity contribution in [2.75, 3.05) is 26.5 Å². The van der Waals surface area contributed by atoms with Crippen molar-refractivity contribution >= 4 is 21.6 Å². The number of nitrogens with zero attached hydrogens (tertiary/aromatic N) is 1. The summed E-state index contributed by atoms with van der Waals surface area (Å²) in [5.74, 6) is -1.17. The first-order valence-corrected chi connectivity index (χ1v) is 9.20. The van der Waals surface area contributed by atoms with Crippen LogP contribution >= 0.6 is 0 Å². The lowest BCUT2D eigenvalue weighted by atomic mass is 10.1. The predicted molar refractivity (Wildman–Crippen MR) is 97.7 cm³/mol. The molecule has 0 spiro atoms. The monoisotopic (exact) mass is 380 g/mol. The molecule has 0 fully saturated rings. The lowest BCUT2D eigenvalue weighted by Crippen LogP contribution is -2.23. The minimum absolute atomic E-state index is 0.0349. The molecule has 0 unspecified atom stereocenters. The molecular formula is C18H21FN2O4S. The van der Waals surface area contributed by atoms with E-state index in [1.807, 2.05) is 0 Å². The Morgan fingerprint density at radius 3 is 2.35 bits per heavy atom. The van der Waals surface area contributed by atoms with Gasteiger partial charge in [-0.3, -0.25) is 4.79 Å². The van der Waals surface area contributed by atoms with Crippen molar-refractivity contribution in [3.8, 4) is 5.75 Å². The first-order chi connectivity index (χ1) is 12.1. The molecule has 2 aromatic carbocycles. The smallest absolute Gasteiger partial charge is 0.255 e. The van der Waals surface area contributed by atoms with E-state index in [0.29, 0.717) is 11.3 Å². The van der Waals surface area contributed by atoms with Crippen LogP contribution in [0.2, 0.25) is 0 Å². The number of halogens is 1. The van der Waals surface area contributed by atoms with Crippen LogP contribution < -0.4 is 10.1 Å². The van der Waals surface area contributed by atoms with E-state index in [1.54, 1.807) is 19.9 Å². The number of hydrogen-bond acceptors (Lipinski definition) is 4. The molecule has 0 saturated carbocycles. The number of hydrogen-bond donors (Lipinski definition) is 1. The molecule has 0 atom stereocenters. The fourth-order valence-corrected chi connectivity index (χ4v) is 3.33. The molecule has 1 N–H and O–H groups in total. The Bertz CT molecular complexity index is 956. The van der Waals surface area contributed by atoms with E-state index in [9.17, 15) is 17.6 Å². The van der Waals surface area contributed by atoms with E-state index in [1.165, 1.54) is 39.4 Å². The third kappa shape index (κ3) is 3.86. The maximum absolute atomic E-state index is 13.8. The number of carbonyl (C=O) groups excluding carboxylic acids is 1. The van der Waals surface area contributed by atoms with Gasteiger partial charge in [0.05, 0.1) is 12.0 Å². The second kappa shape index (κ2) is 7.43. The molecule has 0 heterocycles. The molecule has 0 bridgehead atoms. The number of sulfonamides is 1. The van der Waals surface area contributed by atoms with Gasteiger partial charge in [-0.05, 0) is 55.3 Å². The van der Waals surface area contributed by atoms with Gasteiger partial charge in [-0.2, -0.15) is 0 Å². The molecule has 8 heteroatoms. The van der Waals surface area contributed by atoms with Gasteiger partial charge in [0, 0.05) is 25.3 Å². The van der Waals surface area contributed by atoms with E-state index in [2.05, 4.69) is 5.32 Å². The summed E-state index contributed by atoms with van der Waals surface area (Å²) in [6.45, 7) is 3.53. The third-order valence-electron chi connectivity index (χ3n) is 4.08. The average Bonchev–Trinajstić information content (AvgIpc) is 2.58. The first-order valence-electron chi connectivity index (χ1n) is 7.76. The van der Waals surface area contributed by atoms with Crippen LogP contribution in [0.25, 0.3) is 0 Å². The third-order valence-corrected chi connectivity index (χ3v) is 5.87. The van der Waals surface area contributed by atoms with Gasteiger partial charge in [0.2, 0.25) is 10.0 Å². The Kier molecular flexibility index (Phi) is 5.68. The highest BCUT2D eigenvalue weighted by Crippen LogP contribution is 2.26. The highest BCUT2D eigenvalue weighted by atomic mass is 32.2. The summed E-state index contributed by atoms with van der Waals surface area (Å²) < 4.78 is 44.5. The number of nitrogens with one attached hydrogen (secondary N) is 1. The zero-order valence-electron chi connectivity index (χ0n) is 15.3. The van der Waals surface area contributed by atoms with Gasteiger partial charge in [-0.1, -0.05) is 0 Å². The van der Waals surface area contributed by atoms with Gasteiger partial charge < -0.3 is 10.1 Å². The van der Waals surface area contributed by atoms with Crippen LogP contribution in [0.5, 0.6) is 5.75 Å². The van der Waals surface area contributed by atoms with Crippen LogP contribution in [0.1, 0.15) is 21.5 Å². The zero-order valence-corrected chi connectivity index (χ0v) is 16.1. The van der Waals surface area contributed by atoms with Gasteiger partial charge in [-0.15, -0.1) is 0 Å². The fraction of sp³-hybridized carbons (Fsp3) is 0.278. The molecule has 6 nitrogen and oxygen atoms in total. The van der Waals surface area contributed by atoms with Crippen molar-refractivity contribution in [2.24, 2.45) is 0 Å². The second-order valence-corrected chi connectivity index (χ2v) is 8.16. The summed E-state index contributed by atoms with van der Waals surface area (Å²) in [7, 11) is 0.552. The molecule has 2 rings (SSSR count). The van der Waals surface area contributed by atoms with Crippen molar-refractivity contribution in [1.29, 1.82) is 0 Å². The van der Waals surface area contributed by atoms with Crippen LogP contribution in [0.15, 0.2) is 35.2 Å². The van der Waals surface area contributed by atoms with Crippen LogP contribution in [0.3, 0.4) is 0 Å². The number of amides is 1. The summed E-state index contributed by atoms with van der Waals surface area (Å²) in [6, 6.07) is 6.80. The van der Waals surface area contributed by atoms with Crippen molar-refractivity contribution < 1.29 is 22.3 Å². The average molecular weight is 380 g/mol. The number of benzene rings is 2. The van der Waals surface area contributed by atoms with Crippen molar-refractivity contribution in [1.82, 2.24) is 4.31 Å². The van der Waals surface area contributed by atoms with E-state index in [0.717, 1.165) is 15.9 Å². The number of ether oxygens (including phenoxy) is 1. The Morgan fingerprint density at radius 1 is 1.15 bits per heavy atom. The Hall–Kier alpha value is -2.45. The van der Waals surface area contributed by atoms with Gasteiger partial charge in [0.15, 0.2) is 11.6 Å². The van der Waals surface area contributed by atoms with Gasteiger partial charge >= 0.3 is 0 Å². The summed E-state index contributed by atoms with van der Waals surface area (Å²) >= 11 is 0. The highest BCUT2D eigenvalue weighted by Gasteiger charge is 2.20. The van der Waals surface area contributed by atoms with Crippen LogP contribution in [0, 0.1) is 19.7 Å². The van der Waals surface area contributed by atoms with Crippen molar-refractivity contribution in [3.05, 3.63) is 52.8 Å². The Labute approximate surface area is 152 Å². The van der Waals surface area contributed by atoms with E-state index >= 15 is 0 Å². The fourth-order valence-electron chi connectivity index (χ4n) is 2.32. The standard InChI is InChI=1S/C18H21FN2O4S/c1-11-8-14(26(23,24)21(3)4)10-16(12(11)2)20-18(22)13-6-7-17(25-5)15(19)9-13/h6-10H,1-5H3,(H,20,22). The summed E-state index contributed by atoms with van der Waals surface area (Å²) in [5, 5.41) is 2.65. The lowest BCUT2D eigenvalue weighted by Gasteiger charge is -2.16. The molecule has 2 aromatic rings. The van der Waals surface area contributed by atoms with Crippen LogP contribution in [-0.4, -0.2) is 39.8 Å². The quantitative estimate of drug-likeness (QED) is 0.865. The normalized spacial score (nSPS) is 11.5. The Balaban J connectivity index is 2.41. The molecule has 26 heavy (non-hydrogen) atoms. The molecule has 0 aliphatic heterocycles. The highest BCUT2D eigenvalue weighted by molar-refractivity contribution is 7.89. The number of aryl methyl sites for hydroxylation is 1. The largest absolute Gasteiger partial charge is 0.494 e. The molecule has 0 aromatic heterocycles. The number of anilines is 1. The first kappa shape index (κ1) is 19.9. The zero-order chi connectivity index (χ0) is 19.6. The minimum atomic E-state index is -3.65. The summed E-state index contributed by atoms with van der Waals surface area (Å²) in [4.78, 5) is 12.5. The number of carbonyl (C=O) groups is 1. The summed E-state index contributed by atoms with van der Waals surface area (Å²) in [5.41, 5.74) is 1.89. The molecule has 1 amide bonds. The van der Waals surface area contributed by atoms with Gasteiger partial charge in [0.1, 0.15) is 0 Å². The summed E-state index contributed by atoms with van der Waals surface area (Å²) in [6.07, 6.45) is 0. The molecular weight excluding hydrogens is 359 g/mol. The Morgan fingerprint density at radius 2 is 1.81 bits per heavy atom. The predicted octanol–water partition coefficient (Wildman–Crippen LogP) is 2.95. The maximum atomic E-state index is 13.8. The van der Waals surface area contributed by atoms with Gasteiger partial charge in [-0.25, -0.2) is 17.1 Å². The van der Waals surface area contributed by atoms with E-state index in [4.69, 9.17) is 4.74 Å². The SMILES string of the molecule is COc1ccc(C(=O)Nc2cc(S(=O)(=O)N(C)C)cc(C)c2C)cc1F. The van der Waals surface area contributed by atoms with E-state index < -0.39 is 21.7 Å². The number of methoxy groups -OCH3 is 1. The second-order valence-electron chi connectivity index (χ2n) is 6.00. The molecule has 0 aliphatic carbocycles. The molecule has 0 saturated heterocycles. The number of rotatable bonds is 5. The van der Waals surface area contributed by atoms with Crippen molar-refractivity contribution in [2.45, 2.75) is 18.7 Å². The van der Waals surface area contributed by atoms with E-state index in [-0.39, 0.29) is 16.2 Å². The topological polar surface area (TPSA) is 75.7 Å². The maximum Gasteiger partial charge on any atom is 0.255 e. The van der Waals surface area contributed by atoms with Crippen LogP contribution in [0.4, 0.5) is 10.1 Å². The molecule has 0 aliphatic rings. The van der Waals surface area contributed by atoms with Crippen molar-refractivity contribution in [3.63, 3.8) is 0 Å². The van der Waals surface area contributed by atoms with Crippen LogP contribution in [-0.2, 0) is 10.0 Å². The van der Waals surface area contributed by atoms with Gasteiger partial charge in [0.25, 0.3) is 5.91 Å². The molecule has 140 valence electrons. The molecule has 0 radical (unpaired) electrons. The minimum Gasteiger partial charge on any atom is -0.494 e.